The van der Waals surface area contributed by atoms with E-state index >= 15 is 0 Å². The molecule has 0 atom stereocenters. The minimum absolute atomic E-state index is 0. The molecule has 2 fully saturated rings. The van der Waals surface area contributed by atoms with Crippen molar-refractivity contribution in [3.8, 4) is 0 Å². The number of hydrogen-bond acceptors (Lipinski definition) is 2. The lowest BCUT2D eigenvalue weighted by Crippen LogP contribution is -2.57. The smallest absolute Gasteiger partial charge is 0.267 e. The minimum atomic E-state index is -2.49. The third-order valence-corrected chi connectivity index (χ3v) is 3.44. The van der Waals surface area contributed by atoms with Gasteiger partial charge in [-0.25, -0.2) is 8.78 Å². The summed E-state index contributed by atoms with van der Waals surface area (Å²) in [5.74, 6) is -2.49. The molecule has 2 heterocycles. The Balaban J connectivity index is 0.000000980. The summed E-state index contributed by atoms with van der Waals surface area (Å²) < 4.78 is 27.1. The van der Waals surface area contributed by atoms with Gasteiger partial charge in [-0.05, 0) is 33.0 Å². The van der Waals surface area contributed by atoms with Gasteiger partial charge in [0.25, 0.3) is 5.92 Å². The van der Waals surface area contributed by atoms with Crippen molar-refractivity contribution in [3.63, 3.8) is 0 Å². The van der Waals surface area contributed by atoms with E-state index in [0.717, 1.165) is 13.1 Å². The monoisotopic (exact) mass is 226 g/mol. The van der Waals surface area contributed by atoms with Crippen molar-refractivity contribution in [2.24, 2.45) is 0 Å². The van der Waals surface area contributed by atoms with Crippen molar-refractivity contribution in [2.45, 2.75) is 30.7 Å². The second-order valence-electron chi connectivity index (χ2n) is 4.27. The quantitative estimate of drug-likeness (QED) is 0.674. The lowest BCUT2D eigenvalue weighted by Gasteiger charge is -2.41. The number of likely N-dealkylation sites (tertiary alicyclic amines) is 1. The van der Waals surface area contributed by atoms with Gasteiger partial charge in [0.15, 0.2) is 0 Å². The fourth-order valence-corrected chi connectivity index (χ4v) is 2.37. The normalized spacial score (nSPS) is 30.2. The van der Waals surface area contributed by atoms with Gasteiger partial charge in [-0.2, -0.15) is 0 Å². The largest absolute Gasteiger partial charge is 0.306 e. The van der Waals surface area contributed by atoms with Crippen LogP contribution in [0.4, 0.5) is 8.78 Å². The summed E-state index contributed by atoms with van der Waals surface area (Å²) >= 11 is 0. The maximum Gasteiger partial charge on any atom is 0.267 e. The van der Waals surface area contributed by atoms with Crippen molar-refractivity contribution in [1.29, 1.82) is 0 Å². The number of rotatable bonds is 0. The Morgan fingerprint density at radius 1 is 1.14 bits per heavy atom. The molecule has 0 saturated carbocycles. The molecule has 1 N–H and O–H groups in total. The lowest BCUT2D eigenvalue weighted by atomic mass is 9.83. The van der Waals surface area contributed by atoms with E-state index < -0.39 is 11.5 Å². The highest BCUT2D eigenvalue weighted by Crippen LogP contribution is 2.42. The van der Waals surface area contributed by atoms with E-state index in [4.69, 9.17) is 0 Å². The van der Waals surface area contributed by atoms with E-state index in [-0.39, 0.29) is 18.8 Å². The second kappa shape index (κ2) is 3.91. The Kier molecular flexibility index (Phi) is 3.39. The number of nitrogens with zero attached hydrogens (tertiary/aromatic N) is 1. The fourth-order valence-electron chi connectivity index (χ4n) is 2.37. The molecule has 0 amide bonds. The molecule has 14 heavy (non-hydrogen) atoms. The average Bonchev–Trinajstić information content (AvgIpc) is 2.34. The Morgan fingerprint density at radius 2 is 1.71 bits per heavy atom. The summed E-state index contributed by atoms with van der Waals surface area (Å²) in [5, 5.41) is 3.01. The molecule has 0 bridgehead atoms. The molecule has 2 aliphatic heterocycles. The molecule has 0 aromatic heterocycles. The van der Waals surface area contributed by atoms with E-state index in [0.29, 0.717) is 19.4 Å². The van der Waals surface area contributed by atoms with Crippen LogP contribution in [0.3, 0.4) is 0 Å². The molecule has 0 aliphatic carbocycles. The summed E-state index contributed by atoms with van der Waals surface area (Å²) in [6.45, 7) is 2.03. The van der Waals surface area contributed by atoms with Gasteiger partial charge in [-0.15, -0.1) is 12.4 Å². The van der Waals surface area contributed by atoms with Crippen molar-refractivity contribution < 1.29 is 8.78 Å². The van der Waals surface area contributed by atoms with E-state index in [1.807, 2.05) is 7.05 Å². The summed E-state index contributed by atoms with van der Waals surface area (Å²) in [5.41, 5.74) is -0.875. The zero-order valence-electron chi connectivity index (χ0n) is 8.35. The molecule has 0 radical (unpaired) electrons. The average molecular weight is 227 g/mol. The predicted molar refractivity (Wildman–Crippen MR) is 54.3 cm³/mol. The van der Waals surface area contributed by atoms with Crippen molar-refractivity contribution >= 4 is 12.4 Å². The van der Waals surface area contributed by atoms with Crippen LogP contribution < -0.4 is 5.32 Å². The Bertz CT molecular complexity index is 203. The Labute approximate surface area is 89.4 Å². The maximum atomic E-state index is 13.5. The van der Waals surface area contributed by atoms with Gasteiger partial charge in [-0.3, -0.25) is 0 Å². The third-order valence-electron chi connectivity index (χ3n) is 3.44. The first-order valence-electron chi connectivity index (χ1n) is 4.87. The van der Waals surface area contributed by atoms with Gasteiger partial charge in [0.1, 0.15) is 0 Å². The first kappa shape index (κ1) is 12.1. The van der Waals surface area contributed by atoms with Crippen LogP contribution in [0.25, 0.3) is 0 Å². The highest BCUT2D eigenvalue weighted by molar-refractivity contribution is 5.85. The van der Waals surface area contributed by atoms with Gasteiger partial charge < -0.3 is 10.2 Å². The van der Waals surface area contributed by atoms with Crippen LogP contribution >= 0.6 is 12.4 Å². The van der Waals surface area contributed by atoms with Crippen molar-refractivity contribution in [3.05, 3.63) is 0 Å². The van der Waals surface area contributed by atoms with Crippen LogP contribution in [0.15, 0.2) is 0 Å². The van der Waals surface area contributed by atoms with Crippen LogP contribution in [0, 0.1) is 0 Å². The van der Waals surface area contributed by atoms with Gasteiger partial charge in [0.2, 0.25) is 0 Å². The molecule has 0 aromatic carbocycles. The SMILES string of the molecule is CN1CCC2(CC1)NCCC2(F)F.Cl. The van der Waals surface area contributed by atoms with E-state index in [9.17, 15) is 8.78 Å². The summed E-state index contributed by atoms with van der Waals surface area (Å²) in [6, 6.07) is 0. The molecule has 2 saturated heterocycles. The number of halogens is 3. The predicted octanol–water partition coefficient (Wildman–Crippen LogP) is 1.50. The fraction of sp³-hybridized carbons (Fsp3) is 1.00. The highest BCUT2D eigenvalue weighted by atomic mass is 35.5. The molecule has 2 nitrogen and oxygen atoms in total. The van der Waals surface area contributed by atoms with Gasteiger partial charge in [-0.1, -0.05) is 0 Å². The van der Waals surface area contributed by atoms with Gasteiger partial charge in [0.05, 0.1) is 5.54 Å². The standard InChI is InChI=1S/C9H16F2N2.ClH/c1-13-6-3-8(4-7-13)9(10,11)2-5-12-8;/h12H,2-7H2,1H3;1H. The Morgan fingerprint density at radius 3 is 2.14 bits per heavy atom. The zero-order chi connectivity index (χ0) is 9.53. The molecular weight excluding hydrogens is 210 g/mol. The summed E-state index contributed by atoms with van der Waals surface area (Å²) in [6.07, 6.45) is 1.17. The van der Waals surface area contributed by atoms with Crippen LogP contribution in [0.2, 0.25) is 0 Å². The number of piperidine rings is 1. The second-order valence-corrected chi connectivity index (χ2v) is 4.27. The molecule has 2 aliphatic rings. The van der Waals surface area contributed by atoms with Crippen LogP contribution in [0.1, 0.15) is 19.3 Å². The lowest BCUT2D eigenvalue weighted by molar-refractivity contribution is -0.0812. The maximum absolute atomic E-state index is 13.5. The van der Waals surface area contributed by atoms with Crippen molar-refractivity contribution in [2.75, 3.05) is 26.7 Å². The number of nitrogens with one attached hydrogen (secondary N) is 1. The van der Waals surface area contributed by atoms with Gasteiger partial charge in [0, 0.05) is 13.0 Å². The summed E-state index contributed by atoms with van der Waals surface area (Å²) in [4.78, 5) is 2.11. The first-order valence-corrected chi connectivity index (χ1v) is 4.87. The molecule has 0 unspecified atom stereocenters. The molecular formula is C9H17ClF2N2. The molecule has 1 spiro atoms. The zero-order valence-corrected chi connectivity index (χ0v) is 9.17. The van der Waals surface area contributed by atoms with E-state index in [1.54, 1.807) is 0 Å². The molecule has 5 heteroatoms. The molecule has 84 valence electrons. The highest BCUT2D eigenvalue weighted by Gasteiger charge is 2.57. The molecule has 0 aromatic rings. The Hall–Kier alpha value is 0.0700. The topological polar surface area (TPSA) is 15.3 Å². The van der Waals surface area contributed by atoms with Crippen LogP contribution in [-0.2, 0) is 0 Å². The minimum Gasteiger partial charge on any atom is -0.306 e. The van der Waals surface area contributed by atoms with Crippen LogP contribution in [0.5, 0.6) is 0 Å². The third kappa shape index (κ3) is 1.75. The first-order chi connectivity index (χ1) is 6.06. The van der Waals surface area contributed by atoms with E-state index in [2.05, 4.69) is 10.2 Å². The number of alkyl halides is 2. The molecule has 2 rings (SSSR count). The van der Waals surface area contributed by atoms with E-state index in [1.165, 1.54) is 0 Å². The van der Waals surface area contributed by atoms with Crippen LogP contribution in [-0.4, -0.2) is 43.0 Å². The van der Waals surface area contributed by atoms with Crippen molar-refractivity contribution in [1.82, 2.24) is 10.2 Å². The number of hydrogen-bond donors (Lipinski definition) is 1. The van der Waals surface area contributed by atoms with Gasteiger partial charge >= 0.3 is 0 Å². The summed E-state index contributed by atoms with van der Waals surface area (Å²) in [7, 11) is 1.99.